The van der Waals surface area contributed by atoms with Gasteiger partial charge in [0.15, 0.2) is 5.96 Å². The number of rotatable bonds is 9. The second-order valence-electron chi connectivity index (χ2n) is 7.62. The minimum absolute atomic E-state index is 0.0323. The van der Waals surface area contributed by atoms with E-state index in [0.29, 0.717) is 11.9 Å². The van der Waals surface area contributed by atoms with Crippen molar-refractivity contribution in [1.82, 2.24) is 15.5 Å². The SMILES string of the molecule is COc1ccc(C(C)CCNC(=NCC(=O)N(C)C)NC(C)c2ccccc2)cc1. The van der Waals surface area contributed by atoms with E-state index in [9.17, 15) is 4.79 Å². The number of hydrogen-bond acceptors (Lipinski definition) is 3. The molecule has 6 heteroatoms. The highest BCUT2D eigenvalue weighted by Gasteiger charge is 2.11. The molecule has 0 aliphatic rings. The molecule has 2 atom stereocenters. The number of nitrogens with one attached hydrogen (secondary N) is 2. The van der Waals surface area contributed by atoms with Crippen LogP contribution in [0.4, 0.5) is 0 Å². The van der Waals surface area contributed by atoms with Gasteiger partial charge in [-0.15, -0.1) is 0 Å². The Morgan fingerprint density at radius 2 is 1.70 bits per heavy atom. The Kier molecular flexibility index (Phi) is 9.19. The number of ether oxygens (including phenoxy) is 1. The van der Waals surface area contributed by atoms with Crippen LogP contribution in [0, 0.1) is 0 Å². The number of hydrogen-bond donors (Lipinski definition) is 2. The first kappa shape index (κ1) is 23.3. The van der Waals surface area contributed by atoms with Crippen LogP contribution < -0.4 is 15.4 Å². The van der Waals surface area contributed by atoms with Gasteiger partial charge in [-0.2, -0.15) is 0 Å². The topological polar surface area (TPSA) is 66.0 Å². The predicted octanol–water partition coefficient (Wildman–Crippen LogP) is 3.57. The van der Waals surface area contributed by atoms with Gasteiger partial charge in [0.05, 0.1) is 13.2 Å². The van der Waals surface area contributed by atoms with Crippen molar-refractivity contribution in [2.45, 2.75) is 32.2 Å². The fraction of sp³-hybridized carbons (Fsp3) is 0.417. The molecule has 0 aromatic heterocycles. The number of likely N-dealkylation sites (N-methyl/N-ethyl adjacent to an activating group) is 1. The van der Waals surface area contributed by atoms with Crippen molar-refractivity contribution in [2.24, 2.45) is 4.99 Å². The summed E-state index contributed by atoms with van der Waals surface area (Å²) in [4.78, 5) is 18.0. The third-order valence-corrected chi connectivity index (χ3v) is 5.08. The molecular weight excluding hydrogens is 376 g/mol. The second kappa shape index (κ2) is 11.9. The molecule has 0 heterocycles. The minimum Gasteiger partial charge on any atom is -0.497 e. The summed E-state index contributed by atoms with van der Waals surface area (Å²) in [5.41, 5.74) is 2.43. The van der Waals surface area contributed by atoms with Crippen LogP contribution in [0.3, 0.4) is 0 Å². The van der Waals surface area contributed by atoms with Crippen molar-refractivity contribution in [1.29, 1.82) is 0 Å². The van der Waals surface area contributed by atoms with E-state index in [1.807, 2.05) is 30.3 Å². The predicted molar refractivity (Wildman–Crippen MR) is 123 cm³/mol. The van der Waals surface area contributed by atoms with Gasteiger partial charge in [-0.05, 0) is 42.5 Å². The summed E-state index contributed by atoms with van der Waals surface area (Å²) in [6.07, 6.45) is 0.939. The monoisotopic (exact) mass is 410 g/mol. The molecule has 6 nitrogen and oxygen atoms in total. The molecule has 2 aromatic carbocycles. The van der Waals surface area contributed by atoms with Crippen molar-refractivity contribution in [3.05, 3.63) is 65.7 Å². The number of methoxy groups -OCH3 is 1. The molecular formula is C24H34N4O2. The molecule has 162 valence electrons. The van der Waals surface area contributed by atoms with Crippen LogP contribution in [0.2, 0.25) is 0 Å². The molecule has 0 saturated heterocycles. The zero-order valence-electron chi connectivity index (χ0n) is 18.7. The van der Waals surface area contributed by atoms with Crippen molar-refractivity contribution in [3.63, 3.8) is 0 Å². The van der Waals surface area contributed by atoms with Gasteiger partial charge in [0, 0.05) is 20.6 Å². The first-order chi connectivity index (χ1) is 14.4. The molecule has 0 bridgehead atoms. The summed E-state index contributed by atoms with van der Waals surface area (Å²) < 4.78 is 5.23. The van der Waals surface area contributed by atoms with Crippen LogP contribution >= 0.6 is 0 Å². The number of aliphatic imine (C=N–C) groups is 1. The lowest BCUT2D eigenvalue weighted by atomic mass is 9.98. The Balaban J connectivity index is 1.97. The summed E-state index contributed by atoms with van der Waals surface area (Å²) in [5.74, 6) is 1.86. The maximum Gasteiger partial charge on any atom is 0.243 e. The van der Waals surface area contributed by atoms with Crippen LogP contribution in [-0.4, -0.2) is 51.1 Å². The Morgan fingerprint density at radius 1 is 1.03 bits per heavy atom. The summed E-state index contributed by atoms with van der Waals surface area (Å²) in [6.45, 7) is 5.14. The molecule has 0 aliphatic heterocycles. The Hall–Kier alpha value is -3.02. The first-order valence-electron chi connectivity index (χ1n) is 10.3. The van der Waals surface area contributed by atoms with E-state index in [2.05, 4.69) is 53.7 Å². The highest BCUT2D eigenvalue weighted by Crippen LogP contribution is 2.21. The van der Waals surface area contributed by atoms with Crippen LogP contribution in [0.15, 0.2) is 59.6 Å². The first-order valence-corrected chi connectivity index (χ1v) is 10.3. The van der Waals surface area contributed by atoms with Gasteiger partial charge in [-0.25, -0.2) is 4.99 Å². The minimum atomic E-state index is -0.0323. The fourth-order valence-corrected chi connectivity index (χ4v) is 2.98. The maximum absolute atomic E-state index is 12.0. The van der Waals surface area contributed by atoms with E-state index >= 15 is 0 Å². The number of benzene rings is 2. The van der Waals surface area contributed by atoms with Crippen molar-refractivity contribution in [3.8, 4) is 5.75 Å². The van der Waals surface area contributed by atoms with Crippen molar-refractivity contribution >= 4 is 11.9 Å². The second-order valence-corrected chi connectivity index (χ2v) is 7.62. The molecule has 2 N–H and O–H groups in total. The van der Waals surface area contributed by atoms with E-state index in [0.717, 1.165) is 24.3 Å². The van der Waals surface area contributed by atoms with E-state index in [4.69, 9.17) is 4.74 Å². The molecule has 2 rings (SSSR count). The highest BCUT2D eigenvalue weighted by molar-refractivity contribution is 5.85. The third kappa shape index (κ3) is 7.43. The number of carbonyl (C=O) groups excluding carboxylic acids is 1. The smallest absolute Gasteiger partial charge is 0.243 e. The Bertz CT molecular complexity index is 804. The molecule has 0 fully saturated rings. The normalized spacial score (nSPS) is 13.3. The van der Waals surface area contributed by atoms with E-state index in [-0.39, 0.29) is 18.5 Å². The van der Waals surface area contributed by atoms with Gasteiger partial charge in [0.1, 0.15) is 12.3 Å². The lowest BCUT2D eigenvalue weighted by Crippen LogP contribution is -2.40. The van der Waals surface area contributed by atoms with Gasteiger partial charge in [-0.1, -0.05) is 49.4 Å². The number of guanidine groups is 1. The molecule has 2 unspecified atom stereocenters. The fourth-order valence-electron chi connectivity index (χ4n) is 2.98. The average Bonchev–Trinajstić information content (AvgIpc) is 2.77. The Labute approximate surface area is 180 Å². The van der Waals surface area contributed by atoms with Gasteiger partial charge in [0.2, 0.25) is 5.91 Å². The molecule has 0 radical (unpaired) electrons. The van der Waals surface area contributed by atoms with Gasteiger partial charge >= 0.3 is 0 Å². The standard InChI is InChI=1S/C24H34N4O2/c1-18(20-11-13-22(30-5)14-12-20)15-16-25-24(26-17-23(29)28(3)4)27-19(2)21-9-7-6-8-10-21/h6-14,18-19H,15-17H2,1-5H3,(H2,25,26,27). The number of amides is 1. The molecule has 30 heavy (non-hydrogen) atoms. The molecule has 1 amide bonds. The van der Waals surface area contributed by atoms with Gasteiger partial charge in [0.25, 0.3) is 0 Å². The van der Waals surface area contributed by atoms with Crippen molar-refractivity contribution < 1.29 is 9.53 Å². The summed E-state index contributed by atoms with van der Waals surface area (Å²) in [6, 6.07) is 18.4. The van der Waals surface area contributed by atoms with Gasteiger partial charge in [-0.3, -0.25) is 4.79 Å². The van der Waals surface area contributed by atoms with Crippen LogP contribution in [0.5, 0.6) is 5.75 Å². The molecule has 2 aromatic rings. The summed E-state index contributed by atoms with van der Waals surface area (Å²) in [7, 11) is 5.15. The molecule has 0 spiro atoms. The van der Waals surface area contributed by atoms with Crippen LogP contribution in [0.25, 0.3) is 0 Å². The average molecular weight is 411 g/mol. The van der Waals surface area contributed by atoms with Gasteiger partial charge < -0.3 is 20.3 Å². The third-order valence-electron chi connectivity index (χ3n) is 5.08. The lowest BCUT2D eigenvalue weighted by Gasteiger charge is -2.20. The number of carbonyl (C=O) groups is 1. The summed E-state index contributed by atoms with van der Waals surface area (Å²) >= 11 is 0. The molecule has 0 aliphatic carbocycles. The zero-order chi connectivity index (χ0) is 21.9. The van der Waals surface area contributed by atoms with E-state index in [1.165, 1.54) is 5.56 Å². The zero-order valence-corrected chi connectivity index (χ0v) is 18.7. The maximum atomic E-state index is 12.0. The van der Waals surface area contributed by atoms with E-state index in [1.54, 1.807) is 26.1 Å². The van der Waals surface area contributed by atoms with Crippen LogP contribution in [-0.2, 0) is 4.79 Å². The lowest BCUT2D eigenvalue weighted by molar-refractivity contribution is -0.127. The largest absolute Gasteiger partial charge is 0.497 e. The highest BCUT2D eigenvalue weighted by atomic mass is 16.5. The molecule has 0 saturated carbocycles. The number of nitrogens with zero attached hydrogens (tertiary/aromatic N) is 2. The quantitative estimate of drug-likeness (QED) is 0.490. The Morgan fingerprint density at radius 3 is 2.30 bits per heavy atom. The van der Waals surface area contributed by atoms with Crippen molar-refractivity contribution in [2.75, 3.05) is 34.3 Å². The van der Waals surface area contributed by atoms with Crippen LogP contribution in [0.1, 0.15) is 43.4 Å². The van der Waals surface area contributed by atoms with E-state index < -0.39 is 0 Å². The summed E-state index contributed by atoms with van der Waals surface area (Å²) in [5, 5.41) is 6.79.